The molecule has 0 aromatic heterocycles. The molecule has 0 aliphatic carbocycles. The van der Waals surface area contributed by atoms with Crippen LogP contribution >= 0.6 is 15.9 Å². The Labute approximate surface area is 121 Å². The SMILES string of the molecule is CNC(=O)C1(C)CCN(c2cc(Br)cc(C#N)c2)C1. The maximum absolute atomic E-state index is 11.9. The fourth-order valence-electron chi connectivity index (χ4n) is 2.49. The largest absolute Gasteiger partial charge is 0.370 e. The van der Waals surface area contributed by atoms with Gasteiger partial charge in [0.1, 0.15) is 0 Å². The van der Waals surface area contributed by atoms with E-state index >= 15 is 0 Å². The molecule has 0 radical (unpaired) electrons. The Hall–Kier alpha value is -1.54. The standard InChI is InChI=1S/C14H16BrN3O/c1-14(13(19)17-2)3-4-18(9-14)12-6-10(8-16)5-11(15)7-12/h5-7H,3-4,9H2,1-2H3,(H,17,19). The van der Waals surface area contributed by atoms with E-state index in [9.17, 15) is 4.79 Å². The monoisotopic (exact) mass is 321 g/mol. The predicted octanol–water partition coefficient (Wildman–Crippen LogP) is 2.28. The van der Waals surface area contributed by atoms with Crippen molar-refractivity contribution >= 4 is 27.5 Å². The topological polar surface area (TPSA) is 56.1 Å². The summed E-state index contributed by atoms with van der Waals surface area (Å²) < 4.78 is 0.884. The van der Waals surface area contributed by atoms with Crippen LogP contribution in [0.1, 0.15) is 18.9 Å². The summed E-state index contributed by atoms with van der Waals surface area (Å²) in [5.41, 5.74) is 1.25. The van der Waals surface area contributed by atoms with E-state index in [2.05, 4.69) is 32.2 Å². The molecule has 1 unspecified atom stereocenters. The second-order valence-corrected chi connectivity index (χ2v) is 6.04. The molecule has 4 nitrogen and oxygen atoms in total. The second-order valence-electron chi connectivity index (χ2n) is 5.12. The predicted molar refractivity (Wildman–Crippen MR) is 77.9 cm³/mol. The third kappa shape index (κ3) is 2.74. The van der Waals surface area contributed by atoms with Gasteiger partial charge in [0.05, 0.1) is 17.0 Å². The highest BCUT2D eigenvalue weighted by Crippen LogP contribution is 2.34. The lowest BCUT2D eigenvalue weighted by atomic mass is 9.89. The number of hydrogen-bond donors (Lipinski definition) is 1. The molecule has 0 spiro atoms. The third-order valence-electron chi connectivity index (χ3n) is 3.63. The number of carbonyl (C=O) groups is 1. The van der Waals surface area contributed by atoms with Gasteiger partial charge in [0, 0.05) is 30.3 Å². The second kappa shape index (κ2) is 5.22. The van der Waals surface area contributed by atoms with Crippen LogP contribution in [0.4, 0.5) is 5.69 Å². The first-order chi connectivity index (χ1) is 8.98. The van der Waals surface area contributed by atoms with Crippen LogP contribution in [0.5, 0.6) is 0 Å². The molecule has 1 fully saturated rings. The number of nitriles is 1. The molecule has 1 atom stereocenters. The van der Waals surface area contributed by atoms with Gasteiger partial charge in [-0.1, -0.05) is 15.9 Å². The van der Waals surface area contributed by atoms with E-state index in [1.165, 1.54) is 0 Å². The van der Waals surface area contributed by atoms with Crippen LogP contribution in [0.25, 0.3) is 0 Å². The summed E-state index contributed by atoms with van der Waals surface area (Å²) in [5.74, 6) is 0.0745. The number of rotatable bonds is 2. The Kier molecular flexibility index (Phi) is 3.81. The average Bonchev–Trinajstić information content (AvgIpc) is 2.81. The molecule has 5 heteroatoms. The Balaban J connectivity index is 2.24. The van der Waals surface area contributed by atoms with Crippen LogP contribution < -0.4 is 10.2 Å². The lowest BCUT2D eigenvalue weighted by Crippen LogP contribution is -2.39. The Morgan fingerprint density at radius 3 is 2.89 bits per heavy atom. The first kappa shape index (κ1) is 13.9. The van der Waals surface area contributed by atoms with Gasteiger partial charge >= 0.3 is 0 Å². The first-order valence-electron chi connectivity index (χ1n) is 6.16. The summed E-state index contributed by atoms with van der Waals surface area (Å²) in [6.07, 6.45) is 0.821. The highest BCUT2D eigenvalue weighted by atomic mass is 79.9. The number of amides is 1. The van der Waals surface area contributed by atoms with Crippen molar-refractivity contribution in [3.05, 3.63) is 28.2 Å². The van der Waals surface area contributed by atoms with Gasteiger partial charge in [-0.15, -0.1) is 0 Å². The molecule has 1 saturated heterocycles. The van der Waals surface area contributed by atoms with Gasteiger partial charge in [0.25, 0.3) is 0 Å². The number of carbonyl (C=O) groups excluding carboxylic acids is 1. The van der Waals surface area contributed by atoms with E-state index < -0.39 is 0 Å². The third-order valence-corrected chi connectivity index (χ3v) is 4.08. The summed E-state index contributed by atoms with van der Waals surface area (Å²) in [5, 5.41) is 11.7. The molecular formula is C14H16BrN3O. The highest BCUT2D eigenvalue weighted by Gasteiger charge is 2.39. The lowest BCUT2D eigenvalue weighted by molar-refractivity contribution is -0.128. The van der Waals surface area contributed by atoms with Gasteiger partial charge in [-0.2, -0.15) is 5.26 Å². The van der Waals surface area contributed by atoms with E-state index in [4.69, 9.17) is 5.26 Å². The summed E-state index contributed by atoms with van der Waals surface area (Å²) in [4.78, 5) is 14.1. The van der Waals surface area contributed by atoms with Gasteiger partial charge in [-0.3, -0.25) is 4.79 Å². The molecule has 1 aromatic rings. The summed E-state index contributed by atoms with van der Waals surface area (Å²) >= 11 is 3.41. The minimum atomic E-state index is -0.357. The molecule has 19 heavy (non-hydrogen) atoms. The number of anilines is 1. The number of nitrogens with one attached hydrogen (secondary N) is 1. The molecule has 0 saturated carbocycles. The van der Waals surface area contributed by atoms with Crippen LogP contribution in [0, 0.1) is 16.7 Å². The lowest BCUT2D eigenvalue weighted by Gasteiger charge is -2.24. The fraction of sp³-hybridized carbons (Fsp3) is 0.429. The van der Waals surface area contributed by atoms with Gasteiger partial charge in [0.15, 0.2) is 0 Å². The Bertz CT molecular complexity index is 552. The molecule has 1 N–H and O–H groups in total. The number of halogens is 1. The summed E-state index contributed by atoms with van der Waals surface area (Å²) in [6.45, 7) is 3.48. The highest BCUT2D eigenvalue weighted by molar-refractivity contribution is 9.10. The van der Waals surface area contributed by atoms with E-state index in [0.717, 1.165) is 23.1 Å². The number of hydrogen-bond acceptors (Lipinski definition) is 3. The van der Waals surface area contributed by atoms with E-state index in [0.29, 0.717) is 12.1 Å². The summed E-state index contributed by atoms with van der Waals surface area (Å²) in [7, 11) is 1.67. The normalized spacial score (nSPS) is 22.1. The molecule has 100 valence electrons. The van der Waals surface area contributed by atoms with Crippen molar-refractivity contribution in [1.29, 1.82) is 5.26 Å². The maximum Gasteiger partial charge on any atom is 0.227 e. The van der Waals surface area contributed by atoms with Gasteiger partial charge in [-0.25, -0.2) is 0 Å². The molecule has 1 heterocycles. The van der Waals surface area contributed by atoms with Crippen LogP contribution in [0.2, 0.25) is 0 Å². The quantitative estimate of drug-likeness (QED) is 0.909. The van der Waals surface area contributed by atoms with Crippen LogP contribution in [-0.4, -0.2) is 26.0 Å². The van der Waals surface area contributed by atoms with Gasteiger partial charge < -0.3 is 10.2 Å². The van der Waals surface area contributed by atoms with Crippen molar-refractivity contribution in [2.24, 2.45) is 5.41 Å². The summed E-state index contributed by atoms with van der Waals surface area (Å²) in [6, 6.07) is 7.78. The zero-order valence-corrected chi connectivity index (χ0v) is 12.6. The molecule has 1 amide bonds. The van der Waals surface area contributed by atoms with E-state index in [-0.39, 0.29) is 11.3 Å². The minimum Gasteiger partial charge on any atom is -0.370 e. The van der Waals surface area contributed by atoms with Crippen molar-refractivity contribution in [3.8, 4) is 6.07 Å². The molecule has 1 aliphatic heterocycles. The van der Waals surface area contributed by atoms with Crippen molar-refractivity contribution in [3.63, 3.8) is 0 Å². The van der Waals surface area contributed by atoms with Gasteiger partial charge in [-0.05, 0) is 31.5 Å². The zero-order chi connectivity index (χ0) is 14.0. The molecule has 0 bridgehead atoms. The smallest absolute Gasteiger partial charge is 0.227 e. The van der Waals surface area contributed by atoms with Crippen LogP contribution in [-0.2, 0) is 4.79 Å². The zero-order valence-electron chi connectivity index (χ0n) is 11.0. The van der Waals surface area contributed by atoms with Crippen LogP contribution in [0.15, 0.2) is 22.7 Å². The minimum absolute atomic E-state index is 0.0745. The number of benzene rings is 1. The van der Waals surface area contributed by atoms with Crippen molar-refractivity contribution in [2.75, 3.05) is 25.0 Å². The maximum atomic E-state index is 11.9. The van der Waals surface area contributed by atoms with E-state index in [1.807, 2.05) is 19.1 Å². The molecular weight excluding hydrogens is 306 g/mol. The number of nitrogens with zero attached hydrogens (tertiary/aromatic N) is 2. The van der Waals surface area contributed by atoms with E-state index in [1.54, 1.807) is 13.1 Å². The Morgan fingerprint density at radius 1 is 1.53 bits per heavy atom. The van der Waals surface area contributed by atoms with Crippen molar-refractivity contribution in [1.82, 2.24) is 5.32 Å². The van der Waals surface area contributed by atoms with Crippen molar-refractivity contribution < 1.29 is 4.79 Å². The average molecular weight is 322 g/mol. The molecule has 1 aromatic carbocycles. The first-order valence-corrected chi connectivity index (χ1v) is 6.95. The molecule has 2 rings (SSSR count). The molecule has 1 aliphatic rings. The van der Waals surface area contributed by atoms with Crippen molar-refractivity contribution in [2.45, 2.75) is 13.3 Å². The Morgan fingerprint density at radius 2 is 2.26 bits per heavy atom. The van der Waals surface area contributed by atoms with Gasteiger partial charge in [0.2, 0.25) is 5.91 Å². The van der Waals surface area contributed by atoms with Crippen LogP contribution in [0.3, 0.4) is 0 Å². The fourth-order valence-corrected chi connectivity index (χ4v) is 2.97.